The van der Waals surface area contributed by atoms with Gasteiger partial charge in [0.1, 0.15) is 0 Å². The van der Waals surface area contributed by atoms with Gasteiger partial charge in [0.15, 0.2) is 0 Å². The molecule has 0 aromatic heterocycles. The first-order valence-corrected chi connectivity index (χ1v) is 6.69. The molecule has 0 N–H and O–H groups in total. The predicted molar refractivity (Wildman–Crippen MR) is 62.0 cm³/mol. The van der Waals surface area contributed by atoms with Gasteiger partial charge in [-0.3, -0.25) is 0 Å². The Bertz CT molecular complexity index is 147. The fourth-order valence-corrected chi connectivity index (χ4v) is 3.56. The minimum absolute atomic E-state index is 0.954. The molecule has 2 rings (SSSR count). The largest absolute Gasteiger partial charge is 0.0620 e. The van der Waals surface area contributed by atoms with Gasteiger partial charge in [0.25, 0.3) is 0 Å². The van der Waals surface area contributed by atoms with Gasteiger partial charge in [-0.2, -0.15) is 0 Å². The van der Waals surface area contributed by atoms with Crippen LogP contribution in [0.2, 0.25) is 0 Å². The Morgan fingerprint density at radius 1 is 0.714 bits per heavy atom. The molecule has 1 radical (unpaired) electrons. The van der Waals surface area contributed by atoms with Crippen molar-refractivity contribution >= 4 is 0 Å². The quantitative estimate of drug-likeness (QED) is 0.601. The normalized spacial score (nSPS) is 35.8. The summed E-state index contributed by atoms with van der Waals surface area (Å²) in [5, 5.41) is 0. The Morgan fingerprint density at radius 2 is 1.29 bits per heavy atom. The van der Waals surface area contributed by atoms with Gasteiger partial charge in [0.05, 0.1) is 0 Å². The molecule has 0 amide bonds. The summed E-state index contributed by atoms with van der Waals surface area (Å²) in [6, 6.07) is 0. The Morgan fingerprint density at radius 3 is 1.86 bits per heavy atom. The first-order chi connectivity index (χ1) is 6.90. The molecule has 0 nitrogen and oxygen atoms in total. The minimum Gasteiger partial charge on any atom is -0.0620 e. The summed E-state index contributed by atoms with van der Waals surface area (Å²) in [7, 11) is 0. The molecule has 0 aliphatic heterocycles. The van der Waals surface area contributed by atoms with E-state index in [9.17, 15) is 0 Å². The van der Waals surface area contributed by atoms with E-state index in [1.807, 2.05) is 0 Å². The minimum atomic E-state index is 0.954. The third-order valence-electron chi connectivity index (χ3n) is 4.60. The van der Waals surface area contributed by atoms with E-state index in [0.717, 1.165) is 17.8 Å². The second-order valence-corrected chi connectivity index (χ2v) is 5.41. The van der Waals surface area contributed by atoms with E-state index in [0.29, 0.717) is 0 Å². The summed E-state index contributed by atoms with van der Waals surface area (Å²) in [4.78, 5) is 0. The van der Waals surface area contributed by atoms with Crippen molar-refractivity contribution in [2.75, 3.05) is 0 Å². The van der Waals surface area contributed by atoms with Crippen LogP contribution in [0.4, 0.5) is 0 Å². The van der Waals surface area contributed by atoms with Gasteiger partial charge in [-0.1, -0.05) is 39.0 Å². The monoisotopic (exact) mass is 193 g/mol. The SMILES string of the molecule is C[CH]C1CCC(C2CCCCC2)CC1. The maximum absolute atomic E-state index is 2.43. The van der Waals surface area contributed by atoms with Crippen LogP contribution in [-0.4, -0.2) is 0 Å². The van der Waals surface area contributed by atoms with Crippen molar-refractivity contribution in [1.29, 1.82) is 0 Å². The summed E-state index contributed by atoms with van der Waals surface area (Å²) in [6.07, 6.45) is 16.1. The molecule has 0 aromatic carbocycles. The summed E-state index contributed by atoms with van der Waals surface area (Å²) >= 11 is 0. The van der Waals surface area contributed by atoms with Crippen LogP contribution >= 0.6 is 0 Å². The van der Waals surface area contributed by atoms with Crippen LogP contribution in [0, 0.1) is 24.2 Å². The lowest BCUT2D eigenvalue weighted by atomic mass is 9.71. The lowest BCUT2D eigenvalue weighted by Gasteiger charge is -2.35. The van der Waals surface area contributed by atoms with Gasteiger partial charge in [0, 0.05) is 0 Å². The van der Waals surface area contributed by atoms with Crippen molar-refractivity contribution in [3.05, 3.63) is 6.42 Å². The lowest BCUT2D eigenvalue weighted by Crippen LogP contribution is -2.23. The van der Waals surface area contributed by atoms with Crippen molar-refractivity contribution in [2.24, 2.45) is 17.8 Å². The second-order valence-electron chi connectivity index (χ2n) is 5.41. The molecule has 0 unspecified atom stereocenters. The topological polar surface area (TPSA) is 0 Å². The first-order valence-electron chi connectivity index (χ1n) is 6.69. The average molecular weight is 193 g/mol. The van der Waals surface area contributed by atoms with E-state index in [1.54, 1.807) is 12.8 Å². The third kappa shape index (κ3) is 2.52. The molecule has 0 bridgehead atoms. The molecule has 81 valence electrons. The van der Waals surface area contributed by atoms with Crippen LogP contribution in [0.3, 0.4) is 0 Å². The summed E-state index contributed by atoms with van der Waals surface area (Å²) in [5.74, 6) is 3.17. The zero-order chi connectivity index (χ0) is 9.80. The zero-order valence-corrected chi connectivity index (χ0v) is 9.67. The van der Waals surface area contributed by atoms with Crippen LogP contribution in [0.15, 0.2) is 0 Å². The molecule has 0 saturated heterocycles. The molecule has 2 aliphatic rings. The van der Waals surface area contributed by atoms with Gasteiger partial charge in [-0.05, 0) is 49.9 Å². The smallest absolute Gasteiger partial charge is 0.0386 e. The summed E-state index contributed by atoms with van der Waals surface area (Å²) < 4.78 is 0. The van der Waals surface area contributed by atoms with Gasteiger partial charge >= 0.3 is 0 Å². The van der Waals surface area contributed by atoms with Crippen LogP contribution < -0.4 is 0 Å². The van der Waals surface area contributed by atoms with Gasteiger partial charge < -0.3 is 0 Å². The van der Waals surface area contributed by atoms with E-state index in [2.05, 4.69) is 13.3 Å². The second kappa shape index (κ2) is 5.19. The zero-order valence-electron chi connectivity index (χ0n) is 9.67. The molecular weight excluding hydrogens is 168 g/mol. The Kier molecular flexibility index (Phi) is 3.89. The van der Waals surface area contributed by atoms with E-state index in [-0.39, 0.29) is 0 Å². The highest BCUT2D eigenvalue weighted by molar-refractivity contribution is 4.83. The van der Waals surface area contributed by atoms with Gasteiger partial charge in [0.2, 0.25) is 0 Å². The molecule has 0 heterocycles. The first kappa shape index (κ1) is 10.5. The lowest BCUT2D eigenvalue weighted by molar-refractivity contribution is 0.176. The maximum atomic E-state index is 2.43. The van der Waals surface area contributed by atoms with E-state index in [1.165, 1.54) is 44.9 Å². The predicted octanol–water partition coefficient (Wildman–Crippen LogP) is 4.60. The van der Waals surface area contributed by atoms with Crippen LogP contribution in [0.25, 0.3) is 0 Å². The van der Waals surface area contributed by atoms with Crippen LogP contribution in [0.1, 0.15) is 64.7 Å². The Balaban J connectivity index is 1.76. The van der Waals surface area contributed by atoms with Crippen LogP contribution in [0.5, 0.6) is 0 Å². The average Bonchev–Trinajstić information content (AvgIpc) is 2.30. The highest BCUT2D eigenvalue weighted by atomic mass is 14.3. The Labute approximate surface area is 89.5 Å². The van der Waals surface area contributed by atoms with E-state index in [4.69, 9.17) is 0 Å². The van der Waals surface area contributed by atoms with Gasteiger partial charge in [-0.25, -0.2) is 0 Å². The molecule has 2 fully saturated rings. The van der Waals surface area contributed by atoms with E-state index >= 15 is 0 Å². The Hall–Kier alpha value is 0. The third-order valence-corrected chi connectivity index (χ3v) is 4.60. The van der Waals surface area contributed by atoms with Crippen molar-refractivity contribution in [2.45, 2.75) is 64.7 Å². The van der Waals surface area contributed by atoms with Crippen LogP contribution in [-0.2, 0) is 0 Å². The summed E-state index contributed by atoms with van der Waals surface area (Å²) in [5.41, 5.74) is 0. The molecule has 0 heteroatoms. The molecular formula is C14H25. The van der Waals surface area contributed by atoms with Crippen molar-refractivity contribution in [1.82, 2.24) is 0 Å². The molecule has 14 heavy (non-hydrogen) atoms. The van der Waals surface area contributed by atoms with Crippen molar-refractivity contribution in [3.8, 4) is 0 Å². The highest BCUT2D eigenvalue weighted by Crippen LogP contribution is 2.40. The van der Waals surface area contributed by atoms with Crippen molar-refractivity contribution < 1.29 is 0 Å². The molecule has 0 aromatic rings. The van der Waals surface area contributed by atoms with Gasteiger partial charge in [-0.15, -0.1) is 0 Å². The molecule has 0 atom stereocenters. The fourth-order valence-electron chi connectivity index (χ4n) is 3.56. The number of hydrogen-bond donors (Lipinski definition) is 0. The fraction of sp³-hybridized carbons (Fsp3) is 0.929. The molecule has 2 saturated carbocycles. The number of hydrogen-bond acceptors (Lipinski definition) is 0. The maximum Gasteiger partial charge on any atom is -0.0386 e. The molecule has 0 spiro atoms. The summed E-state index contributed by atoms with van der Waals surface area (Å²) in [6.45, 7) is 2.24. The van der Waals surface area contributed by atoms with Crippen molar-refractivity contribution in [3.63, 3.8) is 0 Å². The molecule has 2 aliphatic carbocycles. The number of rotatable bonds is 2. The standard InChI is InChI=1S/C14H25/c1-2-12-8-10-14(11-9-12)13-6-4-3-5-7-13/h2,12-14H,3-11H2,1H3. The highest BCUT2D eigenvalue weighted by Gasteiger charge is 2.27. The van der Waals surface area contributed by atoms with E-state index < -0.39 is 0 Å².